The zero-order valence-corrected chi connectivity index (χ0v) is 13.0. The summed E-state index contributed by atoms with van der Waals surface area (Å²) in [6.45, 7) is 8.53. The van der Waals surface area contributed by atoms with Gasteiger partial charge in [0, 0.05) is 26.1 Å². The molecule has 0 radical (unpaired) electrons. The van der Waals surface area contributed by atoms with Gasteiger partial charge in [0.15, 0.2) is 0 Å². The highest BCUT2D eigenvalue weighted by Gasteiger charge is 2.13. The normalized spacial score (nSPS) is 12.4. The molecule has 0 spiro atoms. The molecule has 4 nitrogen and oxygen atoms in total. The third-order valence-electron chi connectivity index (χ3n) is 3.42. The maximum absolute atomic E-state index is 11.0. The first kappa shape index (κ1) is 17.2. The van der Waals surface area contributed by atoms with Crippen LogP contribution in [0.1, 0.15) is 44.2 Å². The van der Waals surface area contributed by atoms with Crippen molar-refractivity contribution in [1.82, 2.24) is 4.90 Å². The zero-order valence-electron chi connectivity index (χ0n) is 13.0. The van der Waals surface area contributed by atoms with Gasteiger partial charge in [0.2, 0.25) is 0 Å². The Morgan fingerprint density at radius 3 is 2.38 bits per heavy atom. The van der Waals surface area contributed by atoms with E-state index in [1.165, 1.54) is 0 Å². The Morgan fingerprint density at radius 1 is 1.29 bits per heavy atom. The number of carboxylic acid groups (broad SMARTS) is 1. The molecule has 1 N–H and O–H groups in total. The number of rotatable bonds is 8. The molecule has 0 bridgehead atoms. The third kappa shape index (κ3) is 5.97. The van der Waals surface area contributed by atoms with Gasteiger partial charge < -0.3 is 5.11 Å². The van der Waals surface area contributed by atoms with Crippen molar-refractivity contribution in [3.8, 4) is 6.07 Å². The molecule has 0 heterocycles. The van der Waals surface area contributed by atoms with E-state index in [2.05, 4.69) is 24.8 Å². The van der Waals surface area contributed by atoms with Crippen molar-refractivity contribution in [2.24, 2.45) is 5.92 Å². The summed E-state index contributed by atoms with van der Waals surface area (Å²) in [6.07, 6.45) is 0.529. The van der Waals surface area contributed by atoms with Crippen molar-refractivity contribution < 1.29 is 9.90 Å². The Kier molecular flexibility index (Phi) is 6.90. The fourth-order valence-corrected chi connectivity index (χ4v) is 2.27. The summed E-state index contributed by atoms with van der Waals surface area (Å²) < 4.78 is 0. The Bertz CT molecular complexity index is 489. The highest BCUT2D eigenvalue weighted by atomic mass is 16.4. The van der Waals surface area contributed by atoms with Gasteiger partial charge in [0.05, 0.1) is 12.0 Å². The molecule has 4 heteroatoms. The first-order chi connectivity index (χ1) is 9.93. The number of hydrogen-bond acceptors (Lipinski definition) is 3. The monoisotopic (exact) mass is 288 g/mol. The van der Waals surface area contributed by atoms with E-state index >= 15 is 0 Å². The molecule has 0 aliphatic heterocycles. The van der Waals surface area contributed by atoms with E-state index < -0.39 is 11.9 Å². The van der Waals surface area contributed by atoms with Crippen LogP contribution in [0.5, 0.6) is 0 Å². The minimum Gasteiger partial charge on any atom is -0.481 e. The highest BCUT2D eigenvalue weighted by molar-refractivity contribution is 5.75. The molecule has 0 amide bonds. The van der Waals surface area contributed by atoms with Crippen molar-refractivity contribution in [3.63, 3.8) is 0 Å². The summed E-state index contributed by atoms with van der Waals surface area (Å²) >= 11 is 0. The number of carbonyl (C=O) groups is 1. The lowest BCUT2D eigenvalue weighted by Crippen LogP contribution is -2.28. The standard InChI is InChI=1S/C17H24N2O2/c1-13(2)11-19(10-4-9-18)12-15-5-7-16(8-6-15)14(3)17(20)21/h5-8,13-14H,4,10-12H2,1-3H3,(H,20,21). The fraction of sp³-hybridized carbons (Fsp3) is 0.529. The van der Waals surface area contributed by atoms with Gasteiger partial charge in [-0.25, -0.2) is 0 Å². The van der Waals surface area contributed by atoms with Gasteiger partial charge >= 0.3 is 5.97 Å². The van der Waals surface area contributed by atoms with E-state index in [0.717, 1.165) is 30.8 Å². The van der Waals surface area contributed by atoms with Crippen LogP contribution in [0.3, 0.4) is 0 Å². The Morgan fingerprint density at radius 2 is 1.90 bits per heavy atom. The van der Waals surface area contributed by atoms with Gasteiger partial charge in [-0.15, -0.1) is 0 Å². The predicted molar refractivity (Wildman–Crippen MR) is 82.8 cm³/mol. The average molecular weight is 288 g/mol. The van der Waals surface area contributed by atoms with Crippen LogP contribution in [0, 0.1) is 17.2 Å². The second-order valence-electron chi connectivity index (χ2n) is 5.84. The van der Waals surface area contributed by atoms with E-state index in [9.17, 15) is 4.79 Å². The van der Waals surface area contributed by atoms with Crippen LogP contribution < -0.4 is 0 Å². The van der Waals surface area contributed by atoms with E-state index in [4.69, 9.17) is 10.4 Å². The quantitative estimate of drug-likeness (QED) is 0.797. The van der Waals surface area contributed by atoms with Crippen molar-refractivity contribution in [2.75, 3.05) is 13.1 Å². The van der Waals surface area contributed by atoms with E-state index in [0.29, 0.717) is 12.3 Å². The van der Waals surface area contributed by atoms with Gasteiger partial charge in [0.25, 0.3) is 0 Å². The van der Waals surface area contributed by atoms with Crippen LogP contribution in [0.2, 0.25) is 0 Å². The second kappa shape index (κ2) is 8.43. The van der Waals surface area contributed by atoms with Crippen LogP contribution >= 0.6 is 0 Å². The lowest BCUT2D eigenvalue weighted by atomic mass is 10.00. The molecule has 0 aromatic heterocycles. The van der Waals surface area contributed by atoms with Crippen LogP contribution in [-0.2, 0) is 11.3 Å². The topological polar surface area (TPSA) is 64.3 Å². The van der Waals surface area contributed by atoms with Crippen LogP contribution in [0.4, 0.5) is 0 Å². The first-order valence-electron chi connectivity index (χ1n) is 7.35. The van der Waals surface area contributed by atoms with Crippen LogP contribution in [-0.4, -0.2) is 29.1 Å². The summed E-state index contributed by atoms with van der Waals surface area (Å²) in [5, 5.41) is 17.7. The molecule has 0 aliphatic rings. The average Bonchev–Trinajstić information content (AvgIpc) is 2.44. The van der Waals surface area contributed by atoms with Crippen molar-refractivity contribution in [2.45, 2.75) is 39.7 Å². The molecule has 1 rings (SSSR count). The second-order valence-corrected chi connectivity index (χ2v) is 5.84. The summed E-state index contributed by atoms with van der Waals surface area (Å²) in [6, 6.07) is 9.91. The highest BCUT2D eigenvalue weighted by Crippen LogP contribution is 2.17. The molecular formula is C17H24N2O2. The zero-order chi connectivity index (χ0) is 15.8. The lowest BCUT2D eigenvalue weighted by molar-refractivity contribution is -0.138. The first-order valence-corrected chi connectivity index (χ1v) is 7.35. The van der Waals surface area contributed by atoms with E-state index in [1.807, 2.05) is 24.3 Å². The molecule has 21 heavy (non-hydrogen) atoms. The minimum absolute atomic E-state index is 0.482. The molecule has 114 valence electrons. The molecule has 1 atom stereocenters. The summed E-state index contributed by atoms with van der Waals surface area (Å²) in [4.78, 5) is 13.2. The van der Waals surface area contributed by atoms with Gasteiger partial charge in [-0.3, -0.25) is 9.69 Å². The maximum atomic E-state index is 11.0. The minimum atomic E-state index is -0.807. The van der Waals surface area contributed by atoms with Gasteiger partial charge in [0.1, 0.15) is 0 Å². The molecule has 1 unspecified atom stereocenters. The number of aliphatic carboxylic acids is 1. The van der Waals surface area contributed by atoms with E-state index in [-0.39, 0.29) is 0 Å². The number of nitrogens with zero attached hydrogens (tertiary/aromatic N) is 2. The Balaban J connectivity index is 2.71. The Labute approximate surface area is 127 Å². The van der Waals surface area contributed by atoms with Crippen molar-refractivity contribution in [3.05, 3.63) is 35.4 Å². The van der Waals surface area contributed by atoms with Gasteiger partial charge in [-0.2, -0.15) is 5.26 Å². The van der Waals surface area contributed by atoms with Crippen molar-refractivity contribution >= 4 is 5.97 Å². The number of hydrogen-bond donors (Lipinski definition) is 1. The number of benzene rings is 1. The van der Waals surface area contributed by atoms with Crippen LogP contribution in [0.15, 0.2) is 24.3 Å². The van der Waals surface area contributed by atoms with Gasteiger partial charge in [-0.05, 0) is 24.0 Å². The lowest BCUT2D eigenvalue weighted by Gasteiger charge is -2.23. The molecule has 1 aromatic rings. The molecule has 0 fully saturated rings. The molecular weight excluding hydrogens is 264 g/mol. The smallest absolute Gasteiger partial charge is 0.310 e. The SMILES string of the molecule is CC(C)CN(CCC#N)Cc1ccc(C(C)C(=O)O)cc1. The van der Waals surface area contributed by atoms with Gasteiger partial charge in [-0.1, -0.05) is 38.1 Å². The van der Waals surface area contributed by atoms with E-state index in [1.54, 1.807) is 6.92 Å². The Hall–Kier alpha value is -1.86. The van der Waals surface area contributed by atoms with Crippen molar-refractivity contribution in [1.29, 1.82) is 5.26 Å². The third-order valence-corrected chi connectivity index (χ3v) is 3.42. The molecule has 0 aliphatic carbocycles. The number of nitriles is 1. The fourth-order valence-electron chi connectivity index (χ4n) is 2.27. The predicted octanol–water partition coefficient (Wildman–Crippen LogP) is 3.25. The number of carboxylic acids is 1. The summed E-state index contributed by atoms with van der Waals surface area (Å²) in [7, 11) is 0. The molecule has 1 aromatic carbocycles. The van der Waals surface area contributed by atoms with Crippen LogP contribution in [0.25, 0.3) is 0 Å². The summed E-state index contributed by atoms with van der Waals surface area (Å²) in [5.41, 5.74) is 1.97. The largest absolute Gasteiger partial charge is 0.481 e. The summed E-state index contributed by atoms with van der Waals surface area (Å²) in [5.74, 6) is -0.738. The molecule has 0 saturated heterocycles. The molecule has 0 saturated carbocycles. The maximum Gasteiger partial charge on any atom is 0.310 e.